The quantitative estimate of drug-likeness (QED) is 0.783. The predicted molar refractivity (Wildman–Crippen MR) is 86.2 cm³/mol. The molecule has 126 valence electrons. The van der Waals surface area contributed by atoms with E-state index in [1.54, 1.807) is 6.92 Å². The Morgan fingerprint density at radius 1 is 1.36 bits per heavy atom. The van der Waals surface area contributed by atoms with Crippen LogP contribution >= 0.6 is 0 Å². The summed E-state index contributed by atoms with van der Waals surface area (Å²) in [5.74, 6) is 0.00908. The highest BCUT2D eigenvalue weighted by Gasteiger charge is 2.41. The van der Waals surface area contributed by atoms with Crippen LogP contribution in [0, 0.1) is 0 Å². The SMILES string of the molecule is CC(=O)NC1CC(N(C)C(C)C)CCC1N1CCC(N)C1=O. The monoisotopic (exact) mass is 310 g/mol. The number of rotatable bonds is 4. The zero-order valence-electron chi connectivity index (χ0n) is 14.2. The average molecular weight is 310 g/mol. The number of carbonyl (C=O) groups is 2. The van der Waals surface area contributed by atoms with Crippen LogP contribution in [0.3, 0.4) is 0 Å². The van der Waals surface area contributed by atoms with Crippen molar-refractivity contribution in [3.63, 3.8) is 0 Å². The van der Waals surface area contributed by atoms with Crippen LogP contribution in [-0.4, -0.2) is 65.4 Å². The molecule has 0 aromatic rings. The zero-order valence-corrected chi connectivity index (χ0v) is 14.2. The van der Waals surface area contributed by atoms with Crippen molar-refractivity contribution in [2.24, 2.45) is 5.73 Å². The van der Waals surface area contributed by atoms with Crippen molar-refractivity contribution in [1.29, 1.82) is 0 Å². The maximum absolute atomic E-state index is 12.2. The molecule has 0 bridgehead atoms. The number of nitrogens with one attached hydrogen (secondary N) is 1. The third-order valence-electron chi connectivity index (χ3n) is 5.25. The second-order valence-corrected chi connectivity index (χ2v) is 7.03. The summed E-state index contributed by atoms with van der Waals surface area (Å²) >= 11 is 0. The number of likely N-dealkylation sites (tertiary alicyclic amines) is 1. The van der Waals surface area contributed by atoms with Gasteiger partial charge >= 0.3 is 0 Å². The molecule has 0 spiro atoms. The van der Waals surface area contributed by atoms with Crippen molar-refractivity contribution in [2.45, 2.75) is 76.7 Å². The molecule has 1 aliphatic heterocycles. The van der Waals surface area contributed by atoms with Crippen molar-refractivity contribution in [1.82, 2.24) is 15.1 Å². The largest absolute Gasteiger partial charge is 0.351 e. The first-order valence-corrected chi connectivity index (χ1v) is 8.36. The lowest BCUT2D eigenvalue weighted by Gasteiger charge is -2.44. The summed E-state index contributed by atoms with van der Waals surface area (Å²) in [6.45, 7) is 6.63. The first-order chi connectivity index (χ1) is 10.3. The molecule has 2 aliphatic rings. The Labute approximate surface area is 133 Å². The van der Waals surface area contributed by atoms with E-state index in [0.717, 1.165) is 25.7 Å². The highest BCUT2D eigenvalue weighted by Crippen LogP contribution is 2.29. The molecule has 1 saturated carbocycles. The highest BCUT2D eigenvalue weighted by atomic mass is 16.2. The van der Waals surface area contributed by atoms with E-state index in [0.29, 0.717) is 18.6 Å². The Hall–Kier alpha value is -1.14. The van der Waals surface area contributed by atoms with E-state index in [4.69, 9.17) is 5.73 Å². The fourth-order valence-corrected chi connectivity index (χ4v) is 3.77. The Kier molecular flexibility index (Phi) is 5.45. The van der Waals surface area contributed by atoms with Gasteiger partial charge in [-0.3, -0.25) is 9.59 Å². The van der Waals surface area contributed by atoms with E-state index in [9.17, 15) is 9.59 Å². The molecule has 2 amide bonds. The number of nitrogens with two attached hydrogens (primary N) is 1. The fourth-order valence-electron chi connectivity index (χ4n) is 3.77. The van der Waals surface area contributed by atoms with Gasteiger partial charge in [0.15, 0.2) is 0 Å². The topological polar surface area (TPSA) is 78.7 Å². The highest BCUT2D eigenvalue weighted by molar-refractivity contribution is 5.84. The molecule has 1 aliphatic carbocycles. The Morgan fingerprint density at radius 3 is 2.55 bits per heavy atom. The molecule has 4 unspecified atom stereocenters. The normalized spacial score (nSPS) is 32.9. The molecule has 4 atom stereocenters. The van der Waals surface area contributed by atoms with Crippen LogP contribution < -0.4 is 11.1 Å². The lowest BCUT2D eigenvalue weighted by Crippen LogP contribution is -2.58. The third-order valence-corrected chi connectivity index (χ3v) is 5.25. The Bertz CT molecular complexity index is 426. The summed E-state index contributed by atoms with van der Waals surface area (Å²) in [5.41, 5.74) is 5.85. The van der Waals surface area contributed by atoms with Gasteiger partial charge in [-0.1, -0.05) is 0 Å². The van der Waals surface area contributed by atoms with Crippen LogP contribution in [0.4, 0.5) is 0 Å². The lowest BCUT2D eigenvalue weighted by atomic mass is 9.84. The summed E-state index contributed by atoms with van der Waals surface area (Å²) in [7, 11) is 2.14. The molecule has 3 N–H and O–H groups in total. The van der Waals surface area contributed by atoms with Gasteiger partial charge in [0.25, 0.3) is 0 Å². The summed E-state index contributed by atoms with van der Waals surface area (Å²) in [6.07, 6.45) is 3.58. The third kappa shape index (κ3) is 3.60. The number of nitrogens with zero attached hydrogens (tertiary/aromatic N) is 2. The van der Waals surface area contributed by atoms with Crippen molar-refractivity contribution >= 4 is 11.8 Å². The first kappa shape index (κ1) is 17.2. The molecular weight excluding hydrogens is 280 g/mol. The smallest absolute Gasteiger partial charge is 0.239 e. The van der Waals surface area contributed by atoms with Crippen LogP contribution in [0.25, 0.3) is 0 Å². The number of hydrogen-bond acceptors (Lipinski definition) is 4. The molecule has 22 heavy (non-hydrogen) atoms. The second-order valence-electron chi connectivity index (χ2n) is 7.03. The van der Waals surface area contributed by atoms with Gasteiger partial charge in [-0.15, -0.1) is 0 Å². The van der Waals surface area contributed by atoms with E-state index in [1.165, 1.54) is 0 Å². The summed E-state index contributed by atoms with van der Waals surface area (Å²) in [6, 6.07) is 0.656. The van der Waals surface area contributed by atoms with Gasteiger partial charge in [-0.25, -0.2) is 0 Å². The Morgan fingerprint density at radius 2 is 2.05 bits per heavy atom. The molecule has 0 aromatic heterocycles. The van der Waals surface area contributed by atoms with Crippen molar-refractivity contribution in [3.8, 4) is 0 Å². The van der Waals surface area contributed by atoms with E-state index in [-0.39, 0.29) is 29.9 Å². The minimum Gasteiger partial charge on any atom is -0.351 e. The Balaban J connectivity index is 2.10. The van der Waals surface area contributed by atoms with Crippen LogP contribution in [0.15, 0.2) is 0 Å². The van der Waals surface area contributed by atoms with E-state index < -0.39 is 0 Å². The van der Waals surface area contributed by atoms with Crippen molar-refractivity contribution in [3.05, 3.63) is 0 Å². The minimum absolute atomic E-state index is 0.0201. The van der Waals surface area contributed by atoms with E-state index >= 15 is 0 Å². The molecule has 1 heterocycles. The van der Waals surface area contributed by atoms with Gasteiger partial charge in [0.2, 0.25) is 11.8 Å². The molecule has 2 fully saturated rings. The van der Waals surface area contributed by atoms with Gasteiger partial charge in [0, 0.05) is 25.6 Å². The summed E-state index contributed by atoms with van der Waals surface area (Å²) in [5, 5.41) is 3.07. The lowest BCUT2D eigenvalue weighted by molar-refractivity contribution is -0.133. The van der Waals surface area contributed by atoms with Crippen LogP contribution in [0.5, 0.6) is 0 Å². The minimum atomic E-state index is -0.367. The van der Waals surface area contributed by atoms with Gasteiger partial charge in [-0.05, 0) is 46.6 Å². The number of amides is 2. The molecule has 6 nitrogen and oxygen atoms in total. The van der Waals surface area contributed by atoms with E-state index in [2.05, 4.69) is 31.1 Å². The van der Waals surface area contributed by atoms with E-state index in [1.807, 2.05) is 4.90 Å². The maximum Gasteiger partial charge on any atom is 0.239 e. The van der Waals surface area contributed by atoms with Crippen molar-refractivity contribution in [2.75, 3.05) is 13.6 Å². The molecule has 2 rings (SSSR count). The van der Waals surface area contributed by atoms with Crippen LogP contribution in [0.2, 0.25) is 0 Å². The molecule has 6 heteroatoms. The van der Waals surface area contributed by atoms with Crippen LogP contribution in [0.1, 0.15) is 46.5 Å². The predicted octanol–water partition coefficient (Wildman–Crippen LogP) is 0.312. The molecule has 0 radical (unpaired) electrons. The summed E-state index contributed by atoms with van der Waals surface area (Å²) in [4.78, 5) is 28.1. The zero-order chi connectivity index (χ0) is 16.4. The van der Waals surface area contributed by atoms with Gasteiger partial charge < -0.3 is 20.9 Å². The number of hydrogen-bond donors (Lipinski definition) is 2. The van der Waals surface area contributed by atoms with Crippen molar-refractivity contribution < 1.29 is 9.59 Å². The maximum atomic E-state index is 12.2. The van der Waals surface area contributed by atoms with Crippen LogP contribution in [-0.2, 0) is 9.59 Å². The average Bonchev–Trinajstić information content (AvgIpc) is 2.77. The standard InChI is InChI=1S/C16H30N4O2/c1-10(2)19(4)12-5-6-15(14(9-12)18-11(3)21)20-8-7-13(17)16(20)22/h10,12-15H,5-9,17H2,1-4H3,(H,18,21). The number of carbonyl (C=O) groups excluding carboxylic acids is 2. The first-order valence-electron chi connectivity index (χ1n) is 8.36. The van der Waals surface area contributed by atoms with Gasteiger partial charge in [0.05, 0.1) is 18.1 Å². The fraction of sp³-hybridized carbons (Fsp3) is 0.875. The molecular formula is C16H30N4O2. The molecule has 0 aromatic carbocycles. The van der Waals surface area contributed by atoms with Gasteiger partial charge in [-0.2, -0.15) is 0 Å². The second kappa shape index (κ2) is 6.96. The summed E-state index contributed by atoms with van der Waals surface area (Å²) < 4.78 is 0. The molecule has 1 saturated heterocycles. The van der Waals surface area contributed by atoms with Gasteiger partial charge in [0.1, 0.15) is 0 Å².